The SMILES string of the molecule is Cc1c(C(=O)C2=C(O)CCCC2=O)ccc(C(F)(F)F)[n+]1[O-]. The van der Waals surface area contributed by atoms with Crippen LogP contribution in [0, 0.1) is 12.1 Å². The second kappa shape index (κ2) is 5.43. The molecule has 1 heterocycles. The number of allylic oxidation sites excluding steroid dienone is 2. The van der Waals surface area contributed by atoms with Gasteiger partial charge in [-0.05, 0) is 12.5 Å². The van der Waals surface area contributed by atoms with E-state index in [-0.39, 0.29) is 18.4 Å². The molecule has 0 amide bonds. The molecule has 118 valence electrons. The number of ketones is 2. The Kier molecular flexibility index (Phi) is 3.95. The number of carbonyl (C=O) groups is 2. The number of nitrogens with zero attached hydrogens (tertiary/aromatic N) is 1. The molecule has 1 aliphatic rings. The van der Waals surface area contributed by atoms with Crippen LogP contribution in [0.5, 0.6) is 0 Å². The first-order valence-corrected chi connectivity index (χ1v) is 6.45. The highest BCUT2D eigenvalue weighted by atomic mass is 19.4. The number of hydrogen-bond acceptors (Lipinski definition) is 4. The summed E-state index contributed by atoms with van der Waals surface area (Å²) in [6, 6.07) is 1.33. The summed E-state index contributed by atoms with van der Waals surface area (Å²) in [5, 5.41) is 21.4. The molecule has 0 spiro atoms. The summed E-state index contributed by atoms with van der Waals surface area (Å²) in [7, 11) is 0. The van der Waals surface area contributed by atoms with Gasteiger partial charge in [0.1, 0.15) is 11.3 Å². The fourth-order valence-electron chi connectivity index (χ4n) is 2.31. The summed E-state index contributed by atoms with van der Waals surface area (Å²) in [6.45, 7) is 1.06. The Hall–Kier alpha value is -2.38. The van der Waals surface area contributed by atoms with Crippen LogP contribution >= 0.6 is 0 Å². The summed E-state index contributed by atoms with van der Waals surface area (Å²) in [5.41, 5.74) is -2.71. The molecule has 0 fully saturated rings. The maximum Gasteiger partial charge on any atom is 0.478 e. The highest BCUT2D eigenvalue weighted by molar-refractivity contribution is 6.27. The van der Waals surface area contributed by atoms with Crippen molar-refractivity contribution in [2.75, 3.05) is 0 Å². The van der Waals surface area contributed by atoms with E-state index in [9.17, 15) is 33.1 Å². The minimum absolute atomic E-state index is 0.0716. The molecular weight excluding hydrogens is 303 g/mol. The number of carbonyl (C=O) groups excluding carboxylic acids is 2. The van der Waals surface area contributed by atoms with E-state index in [0.29, 0.717) is 12.5 Å². The standard InChI is InChI=1S/C14H12F3NO4/c1-7-8(5-6-11(18(7)22)14(15,16)17)13(21)12-9(19)3-2-4-10(12)20/h5-6,19H,2-4H2,1H3. The first-order valence-electron chi connectivity index (χ1n) is 6.45. The maximum absolute atomic E-state index is 12.6. The van der Waals surface area contributed by atoms with Gasteiger partial charge in [-0.2, -0.15) is 17.9 Å². The normalized spacial score (nSPS) is 16.1. The fourth-order valence-corrected chi connectivity index (χ4v) is 2.31. The van der Waals surface area contributed by atoms with Crippen LogP contribution in [0.3, 0.4) is 0 Å². The minimum atomic E-state index is -4.85. The maximum atomic E-state index is 12.6. The number of aromatic nitrogens is 1. The predicted molar refractivity (Wildman–Crippen MR) is 68.0 cm³/mol. The van der Waals surface area contributed by atoms with Crippen molar-refractivity contribution in [1.82, 2.24) is 0 Å². The molecule has 0 aromatic carbocycles. The quantitative estimate of drug-likeness (QED) is 0.393. The molecule has 2 rings (SSSR count). The van der Waals surface area contributed by atoms with E-state index < -0.39 is 45.2 Å². The second-order valence-electron chi connectivity index (χ2n) is 4.94. The van der Waals surface area contributed by atoms with Gasteiger partial charge in [0.15, 0.2) is 5.78 Å². The molecule has 0 unspecified atom stereocenters. The number of halogens is 3. The van der Waals surface area contributed by atoms with Gasteiger partial charge in [-0.1, -0.05) is 0 Å². The molecule has 1 aromatic heterocycles. The van der Waals surface area contributed by atoms with Gasteiger partial charge in [0.25, 0.3) is 5.69 Å². The minimum Gasteiger partial charge on any atom is -0.618 e. The summed E-state index contributed by atoms with van der Waals surface area (Å²) < 4.78 is 37.5. The third-order valence-electron chi connectivity index (χ3n) is 3.47. The van der Waals surface area contributed by atoms with Crippen molar-refractivity contribution in [1.29, 1.82) is 0 Å². The van der Waals surface area contributed by atoms with E-state index in [4.69, 9.17) is 0 Å². The van der Waals surface area contributed by atoms with Crippen LogP contribution in [-0.4, -0.2) is 16.7 Å². The molecule has 8 heteroatoms. The number of rotatable bonds is 2. The molecule has 5 nitrogen and oxygen atoms in total. The molecule has 1 aliphatic carbocycles. The van der Waals surface area contributed by atoms with E-state index in [1.165, 1.54) is 0 Å². The van der Waals surface area contributed by atoms with Crippen LogP contribution in [0.25, 0.3) is 0 Å². The second-order valence-corrected chi connectivity index (χ2v) is 4.94. The smallest absolute Gasteiger partial charge is 0.478 e. The Labute approximate surface area is 123 Å². The van der Waals surface area contributed by atoms with Crippen LogP contribution in [0.2, 0.25) is 0 Å². The van der Waals surface area contributed by atoms with Crippen LogP contribution in [0.4, 0.5) is 13.2 Å². The third kappa shape index (κ3) is 2.68. The Morgan fingerprint density at radius 1 is 1.32 bits per heavy atom. The van der Waals surface area contributed by atoms with Crippen molar-refractivity contribution in [3.63, 3.8) is 0 Å². The van der Waals surface area contributed by atoms with Gasteiger partial charge in [-0.15, -0.1) is 0 Å². The number of Topliss-reactive ketones (excluding diaryl/α,β-unsaturated/α-hetero) is 2. The Bertz CT molecular complexity index is 692. The topological polar surface area (TPSA) is 81.3 Å². The van der Waals surface area contributed by atoms with Crippen LogP contribution < -0.4 is 4.73 Å². The van der Waals surface area contributed by atoms with Gasteiger partial charge in [-0.3, -0.25) is 9.59 Å². The van der Waals surface area contributed by atoms with Crippen LogP contribution in [-0.2, 0) is 11.0 Å². The molecule has 1 N–H and O–H groups in total. The number of aliphatic hydroxyl groups excluding tert-OH is 1. The van der Waals surface area contributed by atoms with Crippen LogP contribution in [0.1, 0.15) is 41.0 Å². The molecule has 0 saturated heterocycles. The average molecular weight is 315 g/mol. The molecule has 22 heavy (non-hydrogen) atoms. The van der Waals surface area contributed by atoms with E-state index in [2.05, 4.69) is 0 Å². The summed E-state index contributed by atoms with van der Waals surface area (Å²) >= 11 is 0. The van der Waals surface area contributed by atoms with Crippen molar-refractivity contribution in [2.24, 2.45) is 0 Å². The highest BCUT2D eigenvalue weighted by Crippen LogP contribution is 2.28. The van der Waals surface area contributed by atoms with Gasteiger partial charge in [-0.25, -0.2) is 0 Å². The monoisotopic (exact) mass is 315 g/mol. The summed E-state index contributed by atoms with van der Waals surface area (Å²) in [6.07, 6.45) is -4.24. The zero-order valence-electron chi connectivity index (χ0n) is 11.5. The van der Waals surface area contributed by atoms with E-state index in [1.807, 2.05) is 0 Å². The molecular formula is C14H12F3NO4. The number of hydrogen-bond donors (Lipinski definition) is 1. The van der Waals surface area contributed by atoms with Gasteiger partial charge >= 0.3 is 6.18 Å². The Morgan fingerprint density at radius 3 is 2.50 bits per heavy atom. The summed E-state index contributed by atoms with van der Waals surface area (Å²) in [4.78, 5) is 24.0. The highest BCUT2D eigenvalue weighted by Gasteiger charge is 2.41. The van der Waals surface area contributed by atoms with Gasteiger partial charge in [0.2, 0.25) is 11.5 Å². The van der Waals surface area contributed by atoms with Crippen molar-refractivity contribution < 1.29 is 32.6 Å². The van der Waals surface area contributed by atoms with Gasteiger partial charge < -0.3 is 10.3 Å². The van der Waals surface area contributed by atoms with Crippen molar-refractivity contribution in [2.45, 2.75) is 32.4 Å². The number of aliphatic hydroxyl groups is 1. The van der Waals surface area contributed by atoms with Crippen LogP contribution in [0.15, 0.2) is 23.5 Å². The average Bonchev–Trinajstić information content (AvgIpc) is 2.40. The zero-order chi connectivity index (χ0) is 16.7. The first-order chi connectivity index (χ1) is 10.1. The zero-order valence-corrected chi connectivity index (χ0v) is 11.5. The number of alkyl halides is 3. The third-order valence-corrected chi connectivity index (χ3v) is 3.47. The van der Waals surface area contributed by atoms with E-state index in [1.54, 1.807) is 0 Å². The van der Waals surface area contributed by atoms with Crippen molar-refractivity contribution in [3.8, 4) is 0 Å². The molecule has 0 radical (unpaired) electrons. The van der Waals surface area contributed by atoms with E-state index in [0.717, 1.165) is 13.0 Å². The van der Waals surface area contributed by atoms with Gasteiger partial charge in [0, 0.05) is 25.8 Å². The molecule has 0 bridgehead atoms. The lowest BCUT2D eigenvalue weighted by atomic mass is 9.90. The largest absolute Gasteiger partial charge is 0.618 e. The van der Waals surface area contributed by atoms with Crippen molar-refractivity contribution >= 4 is 11.6 Å². The predicted octanol–water partition coefficient (Wildman–Crippen LogP) is 2.40. The summed E-state index contributed by atoms with van der Waals surface area (Å²) in [5.74, 6) is -1.90. The van der Waals surface area contributed by atoms with Gasteiger partial charge in [0.05, 0.1) is 5.56 Å². The molecule has 0 saturated carbocycles. The first kappa shape index (κ1) is 16.0. The molecule has 1 aromatic rings. The lowest BCUT2D eigenvalue weighted by Gasteiger charge is -2.16. The Balaban J connectivity index is 2.53. The Morgan fingerprint density at radius 2 is 1.95 bits per heavy atom. The fraction of sp³-hybridized carbons (Fsp3) is 0.357. The molecule has 0 aliphatic heterocycles. The lowest BCUT2D eigenvalue weighted by molar-refractivity contribution is -0.635. The van der Waals surface area contributed by atoms with Crippen molar-refractivity contribution in [3.05, 3.63) is 45.6 Å². The molecule has 0 atom stereocenters. The lowest BCUT2D eigenvalue weighted by Crippen LogP contribution is -2.41. The van der Waals surface area contributed by atoms with E-state index >= 15 is 0 Å². The number of pyridine rings is 1.